The van der Waals surface area contributed by atoms with Crippen molar-refractivity contribution in [1.29, 1.82) is 0 Å². The van der Waals surface area contributed by atoms with Crippen molar-refractivity contribution in [2.45, 2.75) is 51.2 Å². The molecule has 0 aliphatic heterocycles. The highest BCUT2D eigenvalue weighted by Crippen LogP contribution is 2.57. The number of carbonyl (C=O) groups is 1. The fourth-order valence-electron chi connectivity index (χ4n) is 4.34. The minimum Gasteiger partial charge on any atom is -0.378 e. The molecular formula is C21H32N4O2. The van der Waals surface area contributed by atoms with E-state index in [0.717, 1.165) is 37.5 Å². The number of aliphatic imine (C=N–C) groups is 1. The van der Waals surface area contributed by atoms with Gasteiger partial charge in [0.15, 0.2) is 5.96 Å². The van der Waals surface area contributed by atoms with Crippen molar-refractivity contribution in [3.63, 3.8) is 0 Å². The van der Waals surface area contributed by atoms with Crippen LogP contribution in [0.15, 0.2) is 29.3 Å². The molecule has 148 valence electrons. The largest absolute Gasteiger partial charge is 0.378 e. The lowest BCUT2D eigenvalue weighted by atomic mass is 9.51. The number of hydrogen-bond donors (Lipinski definition) is 3. The van der Waals surface area contributed by atoms with Crippen LogP contribution in [-0.2, 0) is 11.2 Å². The molecule has 6 heteroatoms. The number of guanidine groups is 1. The van der Waals surface area contributed by atoms with E-state index in [0.29, 0.717) is 23.1 Å². The quantitative estimate of drug-likeness (QED) is 0.506. The van der Waals surface area contributed by atoms with Crippen molar-refractivity contribution in [3.8, 4) is 0 Å². The average molecular weight is 373 g/mol. The first-order chi connectivity index (χ1) is 13.1. The van der Waals surface area contributed by atoms with Crippen LogP contribution in [0.3, 0.4) is 0 Å². The number of amides is 1. The van der Waals surface area contributed by atoms with Gasteiger partial charge in [-0.05, 0) is 50.3 Å². The second-order valence-corrected chi connectivity index (χ2v) is 7.49. The predicted molar refractivity (Wildman–Crippen MR) is 108 cm³/mol. The smallest absolute Gasteiger partial charge is 0.251 e. The maximum absolute atomic E-state index is 11.8. The van der Waals surface area contributed by atoms with Crippen LogP contribution in [-0.4, -0.2) is 51.3 Å². The number of nitrogens with one attached hydrogen (secondary N) is 3. The van der Waals surface area contributed by atoms with Crippen LogP contribution in [0.25, 0.3) is 0 Å². The van der Waals surface area contributed by atoms with Gasteiger partial charge in [0.2, 0.25) is 0 Å². The molecular weight excluding hydrogens is 340 g/mol. The molecule has 0 aromatic heterocycles. The summed E-state index contributed by atoms with van der Waals surface area (Å²) < 4.78 is 5.93. The summed E-state index contributed by atoms with van der Waals surface area (Å²) in [5, 5.41) is 9.68. The standard InChI is InChI=1S/C21H32N4O2/c1-4-27-18-14-17(21(18)10-6-11-21)25-20(23-3)24-12-9-15-7-5-8-16(13-15)19(26)22-2/h5,7-8,13,17-18H,4,6,9-12,14H2,1-3H3,(H,22,26)(H2,23,24,25). The zero-order valence-corrected chi connectivity index (χ0v) is 16.7. The molecule has 3 N–H and O–H groups in total. The summed E-state index contributed by atoms with van der Waals surface area (Å²) in [6.45, 7) is 3.64. The minimum absolute atomic E-state index is 0.0538. The second kappa shape index (κ2) is 8.74. The molecule has 2 aliphatic rings. The maximum Gasteiger partial charge on any atom is 0.251 e. The summed E-state index contributed by atoms with van der Waals surface area (Å²) in [5.74, 6) is 0.797. The average Bonchev–Trinajstić information content (AvgIpc) is 2.64. The lowest BCUT2D eigenvalue weighted by Crippen LogP contribution is -2.68. The van der Waals surface area contributed by atoms with E-state index in [-0.39, 0.29) is 5.91 Å². The summed E-state index contributed by atoms with van der Waals surface area (Å²) in [6, 6.07) is 8.20. The van der Waals surface area contributed by atoms with Crippen molar-refractivity contribution in [1.82, 2.24) is 16.0 Å². The molecule has 1 amide bonds. The summed E-state index contributed by atoms with van der Waals surface area (Å²) >= 11 is 0. The number of benzene rings is 1. The van der Waals surface area contributed by atoms with E-state index in [1.54, 1.807) is 7.05 Å². The molecule has 2 saturated carbocycles. The van der Waals surface area contributed by atoms with Crippen LogP contribution in [0.4, 0.5) is 0 Å². The number of nitrogens with zero attached hydrogens (tertiary/aromatic N) is 1. The number of ether oxygens (including phenoxy) is 1. The lowest BCUT2D eigenvalue weighted by Gasteiger charge is -2.61. The first kappa shape index (κ1) is 19.7. The van der Waals surface area contributed by atoms with Gasteiger partial charge in [-0.15, -0.1) is 0 Å². The van der Waals surface area contributed by atoms with Crippen LogP contribution in [0.1, 0.15) is 48.5 Å². The third-order valence-corrected chi connectivity index (χ3v) is 6.09. The first-order valence-corrected chi connectivity index (χ1v) is 10.0. The van der Waals surface area contributed by atoms with Crippen LogP contribution >= 0.6 is 0 Å². The normalized spacial score (nSPS) is 23.3. The van der Waals surface area contributed by atoms with Crippen molar-refractivity contribution in [2.24, 2.45) is 10.4 Å². The summed E-state index contributed by atoms with van der Waals surface area (Å²) in [5.41, 5.74) is 2.14. The number of rotatable bonds is 7. The van der Waals surface area contributed by atoms with Crippen LogP contribution in [0, 0.1) is 5.41 Å². The fourth-order valence-corrected chi connectivity index (χ4v) is 4.34. The molecule has 2 unspecified atom stereocenters. The zero-order chi connectivity index (χ0) is 19.3. The third kappa shape index (κ3) is 4.10. The van der Waals surface area contributed by atoms with Crippen molar-refractivity contribution < 1.29 is 9.53 Å². The highest BCUT2D eigenvalue weighted by atomic mass is 16.5. The van der Waals surface area contributed by atoms with Crippen LogP contribution < -0.4 is 16.0 Å². The molecule has 1 spiro atoms. The van der Waals surface area contributed by atoms with Gasteiger partial charge < -0.3 is 20.7 Å². The van der Waals surface area contributed by atoms with Gasteiger partial charge in [-0.25, -0.2) is 0 Å². The third-order valence-electron chi connectivity index (χ3n) is 6.09. The number of hydrogen-bond acceptors (Lipinski definition) is 3. The highest BCUT2D eigenvalue weighted by molar-refractivity contribution is 5.94. The Labute approximate surface area is 162 Å². The Morgan fingerprint density at radius 2 is 2.19 bits per heavy atom. The Kier molecular flexibility index (Phi) is 6.37. The van der Waals surface area contributed by atoms with Gasteiger partial charge in [-0.2, -0.15) is 0 Å². The Bertz CT molecular complexity index is 685. The highest BCUT2D eigenvalue weighted by Gasteiger charge is 2.59. The summed E-state index contributed by atoms with van der Waals surface area (Å²) in [7, 11) is 3.46. The molecule has 27 heavy (non-hydrogen) atoms. The Morgan fingerprint density at radius 1 is 1.37 bits per heavy atom. The van der Waals surface area contributed by atoms with Crippen LogP contribution in [0.2, 0.25) is 0 Å². The summed E-state index contributed by atoms with van der Waals surface area (Å²) in [4.78, 5) is 16.1. The first-order valence-electron chi connectivity index (χ1n) is 10.0. The van der Waals surface area contributed by atoms with E-state index in [1.807, 2.05) is 31.3 Å². The van der Waals surface area contributed by atoms with Gasteiger partial charge in [0.1, 0.15) is 0 Å². The van der Waals surface area contributed by atoms with Crippen molar-refractivity contribution in [2.75, 3.05) is 27.2 Å². The monoisotopic (exact) mass is 372 g/mol. The minimum atomic E-state index is -0.0538. The van der Waals surface area contributed by atoms with Crippen molar-refractivity contribution >= 4 is 11.9 Å². The van der Waals surface area contributed by atoms with E-state index in [2.05, 4.69) is 27.9 Å². The van der Waals surface area contributed by atoms with Gasteiger partial charge in [0.05, 0.1) is 6.10 Å². The Hall–Kier alpha value is -2.08. The molecule has 3 rings (SSSR count). The lowest BCUT2D eigenvalue weighted by molar-refractivity contribution is -0.168. The molecule has 0 heterocycles. The van der Waals surface area contributed by atoms with Gasteiger partial charge in [-0.1, -0.05) is 18.6 Å². The van der Waals surface area contributed by atoms with Crippen molar-refractivity contribution in [3.05, 3.63) is 35.4 Å². The maximum atomic E-state index is 11.8. The molecule has 2 atom stereocenters. The molecule has 2 fully saturated rings. The molecule has 0 saturated heterocycles. The van der Waals surface area contributed by atoms with E-state index >= 15 is 0 Å². The van der Waals surface area contributed by atoms with Gasteiger partial charge >= 0.3 is 0 Å². The molecule has 2 aliphatic carbocycles. The van der Waals surface area contributed by atoms with Crippen LogP contribution in [0.5, 0.6) is 0 Å². The molecule has 0 bridgehead atoms. The topological polar surface area (TPSA) is 74.8 Å². The van der Waals surface area contributed by atoms with Gasteiger partial charge in [0.25, 0.3) is 5.91 Å². The van der Waals surface area contributed by atoms with E-state index in [9.17, 15) is 4.79 Å². The fraction of sp³-hybridized carbons (Fsp3) is 0.619. The Balaban J connectivity index is 1.48. The molecule has 6 nitrogen and oxygen atoms in total. The zero-order valence-electron chi connectivity index (χ0n) is 16.7. The Morgan fingerprint density at radius 3 is 2.81 bits per heavy atom. The SMILES string of the molecule is CCOC1CC(NC(=NC)NCCc2cccc(C(=O)NC)c2)C12CCC2. The predicted octanol–water partition coefficient (Wildman–Crippen LogP) is 2.10. The number of carbonyl (C=O) groups excluding carboxylic acids is 1. The molecule has 0 radical (unpaired) electrons. The molecule has 1 aromatic carbocycles. The summed E-state index contributed by atoms with van der Waals surface area (Å²) in [6.07, 6.45) is 6.09. The van der Waals surface area contributed by atoms with Gasteiger partial charge in [-0.3, -0.25) is 9.79 Å². The van der Waals surface area contributed by atoms with E-state index < -0.39 is 0 Å². The van der Waals surface area contributed by atoms with E-state index in [1.165, 1.54) is 19.3 Å². The van der Waals surface area contributed by atoms with Gasteiger partial charge in [0, 0.05) is 44.3 Å². The second-order valence-electron chi connectivity index (χ2n) is 7.49. The van der Waals surface area contributed by atoms with E-state index in [4.69, 9.17) is 4.74 Å². The molecule has 1 aromatic rings.